The Bertz CT molecular complexity index is 306. The molecule has 0 aromatic heterocycles. The zero-order chi connectivity index (χ0) is 12.1. The highest BCUT2D eigenvalue weighted by atomic mass is 19.3. The fraction of sp³-hybridized carbons (Fsp3) is 0.909. The number of carbonyl (C=O) groups excluding carboxylic acids is 1. The molecule has 3 atom stereocenters. The molecule has 2 fully saturated rings. The number of alkyl halides is 2. The molecule has 0 spiro atoms. The fourth-order valence-corrected chi connectivity index (χ4v) is 3.06. The topological polar surface area (TPSA) is 29.5 Å². The molecule has 3 nitrogen and oxygen atoms in total. The summed E-state index contributed by atoms with van der Waals surface area (Å²) < 4.78 is 33.5. The van der Waals surface area contributed by atoms with Gasteiger partial charge in [0.15, 0.2) is 0 Å². The third-order valence-corrected chi connectivity index (χ3v) is 3.81. The van der Waals surface area contributed by atoms with Crippen LogP contribution in [-0.4, -0.2) is 41.5 Å². The number of aldehydes is 1. The van der Waals surface area contributed by atoms with Gasteiger partial charge in [-0.3, -0.25) is 4.90 Å². The molecule has 1 unspecified atom stereocenters. The quantitative estimate of drug-likeness (QED) is 0.679. The van der Waals surface area contributed by atoms with Crippen LogP contribution in [0.4, 0.5) is 8.78 Å². The lowest BCUT2D eigenvalue weighted by Gasteiger charge is -2.33. The van der Waals surface area contributed by atoms with Crippen molar-refractivity contribution in [2.24, 2.45) is 5.92 Å². The van der Waals surface area contributed by atoms with Crippen molar-refractivity contribution in [3.05, 3.63) is 0 Å². The summed E-state index contributed by atoms with van der Waals surface area (Å²) in [4.78, 5) is 12.5. The van der Waals surface area contributed by atoms with Crippen LogP contribution in [0.5, 0.6) is 0 Å². The van der Waals surface area contributed by atoms with E-state index >= 15 is 0 Å². The van der Waals surface area contributed by atoms with E-state index in [1.165, 1.54) is 4.90 Å². The summed E-state index contributed by atoms with van der Waals surface area (Å²) in [5, 5.41) is 0. The maximum atomic E-state index is 14.0. The van der Waals surface area contributed by atoms with Gasteiger partial charge in [0.2, 0.25) is 0 Å². The van der Waals surface area contributed by atoms with E-state index in [9.17, 15) is 13.6 Å². The number of hydrogen-bond donors (Lipinski definition) is 0. The molecular formula is C11H17F2NO2. The number of ether oxygens (including phenoxy) is 1. The van der Waals surface area contributed by atoms with Gasteiger partial charge in [-0.1, -0.05) is 6.92 Å². The van der Waals surface area contributed by atoms with Crippen molar-refractivity contribution in [2.45, 2.75) is 50.9 Å². The van der Waals surface area contributed by atoms with Gasteiger partial charge < -0.3 is 9.53 Å². The average molecular weight is 233 g/mol. The van der Waals surface area contributed by atoms with Gasteiger partial charge >= 0.3 is 0 Å². The van der Waals surface area contributed by atoms with Gasteiger partial charge in [-0.15, -0.1) is 0 Å². The van der Waals surface area contributed by atoms with Crippen molar-refractivity contribution < 1.29 is 18.3 Å². The average Bonchev–Trinajstić information content (AvgIpc) is 2.58. The molecule has 2 saturated heterocycles. The number of halogens is 2. The van der Waals surface area contributed by atoms with Gasteiger partial charge in [0.1, 0.15) is 18.1 Å². The van der Waals surface area contributed by atoms with Gasteiger partial charge in [-0.05, 0) is 20.3 Å². The highest BCUT2D eigenvalue weighted by Crippen LogP contribution is 2.50. The molecule has 2 heterocycles. The van der Waals surface area contributed by atoms with Crippen molar-refractivity contribution in [2.75, 3.05) is 6.61 Å². The Morgan fingerprint density at radius 1 is 1.50 bits per heavy atom. The van der Waals surface area contributed by atoms with Gasteiger partial charge in [-0.25, -0.2) is 8.78 Å². The van der Waals surface area contributed by atoms with Crippen LogP contribution in [-0.2, 0) is 9.53 Å². The fourth-order valence-electron chi connectivity index (χ4n) is 3.06. The Balaban J connectivity index is 2.41. The first-order chi connectivity index (χ1) is 7.36. The van der Waals surface area contributed by atoms with Gasteiger partial charge in [0, 0.05) is 12.0 Å². The first-order valence-electron chi connectivity index (χ1n) is 5.61. The SMILES string of the molecule is CC[C@H]1[C@H]2COC(C)(C)N2C(C=O)C1(F)F. The summed E-state index contributed by atoms with van der Waals surface area (Å²) in [7, 11) is 0. The number of nitrogens with zero attached hydrogens (tertiary/aromatic N) is 1. The minimum absolute atomic E-state index is 0.283. The summed E-state index contributed by atoms with van der Waals surface area (Å²) in [6.07, 6.45) is 0.719. The molecule has 16 heavy (non-hydrogen) atoms. The predicted molar refractivity (Wildman–Crippen MR) is 54.2 cm³/mol. The van der Waals surface area contributed by atoms with Crippen molar-refractivity contribution in [1.29, 1.82) is 0 Å². The van der Waals surface area contributed by atoms with Crippen molar-refractivity contribution in [1.82, 2.24) is 4.90 Å². The summed E-state index contributed by atoms with van der Waals surface area (Å²) in [5.41, 5.74) is -0.774. The molecule has 0 saturated carbocycles. The molecule has 0 aromatic carbocycles. The molecule has 92 valence electrons. The van der Waals surface area contributed by atoms with Crippen molar-refractivity contribution >= 4 is 6.29 Å². The number of hydrogen-bond acceptors (Lipinski definition) is 3. The van der Waals surface area contributed by atoms with Crippen LogP contribution in [0.25, 0.3) is 0 Å². The van der Waals surface area contributed by atoms with Crippen LogP contribution >= 0.6 is 0 Å². The van der Waals surface area contributed by atoms with Crippen LogP contribution in [0.2, 0.25) is 0 Å². The van der Waals surface area contributed by atoms with E-state index in [0.717, 1.165) is 0 Å². The molecule has 0 aliphatic carbocycles. The predicted octanol–water partition coefficient (Wildman–Crippen LogP) is 1.67. The lowest BCUT2D eigenvalue weighted by molar-refractivity contribution is -0.143. The largest absolute Gasteiger partial charge is 0.359 e. The molecule has 2 aliphatic rings. The lowest BCUT2D eigenvalue weighted by Crippen LogP contribution is -2.50. The minimum Gasteiger partial charge on any atom is -0.359 e. The Kier molecular flexibility index (Phi) is 2.58. The number of fused-ring (bicyclic) bond motifs is 1. The smallest absolute Gasteiger partial charge is 0.274 e. The maximum Gasteiger partial charge on any atom is 0.274 e. The number of rotatable bonds is 2. The van der Waals surface area contributed by atoms with E-state index in [2.05, 4.69) is 0 Å². The molecule has 0 aromatic rings. The third-order valence-electron chi connectivity index (χ3n) is 3.81. The van der Waals surface area contributed by atoms with Crippen LogP contribution in [0, 0.1) is 5.92 Å². The van der Waals surface area contributed by atoms with E-state index < -0.39 is 23.6 Å². The van der Waals surface area contributed by atoms with E-state index in [1.54, 1.807) is 20.8 Å². The second-order valence-electron chi connectivity index (χ2n) is 5.00. The monoisotopic (exact) mass is 233 g/mol. The second-order valence-corrected chi connectivity index (χ2v) is 5.00. The van der Waals surface area contributed by atoms with Crippen molar-refractivity contribution in [3.8, 4) is 0 Å². The Morgan fingerprint density at radius 3 is 2.62 bits per heavy atom. The zero-order valence-electron chi connectivity index (χ0n) is 9.74. The highest BCUT2D eigenvalue weighted by molar-refractivity contribution is 5.61. The zero-order valence-corrected chi connectivity index (χ0v) is 9.74. The highest BCUT2D eigenvalue weighted by Gasteiger charge is 2.66. The molecule has 2 rings (SSSR count). The summed E-state index contributed by atoms with van der Waals surface area (Å²) >= 11 is 0. The molecule has 0 bridgehead atoms. The Morgan fingerprint density at radius 2 is 2.12 bits per heavy atom. The van der Waals surface area contributed by atoms with Gasteiger partial charge in [0.25, 0.3) is 5.92 Å². The molecule has 0 radical (unpaired) electrons. The maximum absolute atomic E-state index is 14.0. The summed E-state index contributed by atoms with van der Waals surface area (Å²) in [5.74, 6) is -3.73. The molecular weight excluding hydrogens is 216 g/mol. The minimum atomic E-state index is -2.94. The Hall–Kier alpha value is -0.550. The van der Waals surface area contributed by atoms with Gasteiger partial charge in [-0.2, -0.15) is 0 Å². The van der Waals surface area contributed by atoms with E-state index in [0.29, 0.717) is 12.7 Å². The van der Waals surface area contributed by atoms with E-state index in [4.69, 9.17) is 4.74 Å². The standard InChI is InChI=1S/C11H17F2NO2/c1-4-7-8-6-16-10(2,3)14(8)9(5-15)11(7,12)13/h5,7-9H,4,6H2,1-3H3/t7-,8+,9?/m0/s1. The molecule has 5 heteroatoms. The second kappa shape index (κ2) is 3.47. The number of carbonyl (C=O) groups is 1. The lowest BCUT2D eigenvalue weighted by atomic mass is 9.93. The van der Waals surface area contributed by atoms with E-state index in [-0.39, 0.29) is 12.6 Å². The summed E-state index contributed by atoms with van der Waals surface area (Å²) in [6.45, 7) is 5.48. The normalized spacial score (nSPS) is 40.9. The molecule has 0 amide bonds. The van der Waals surface area contributed by atoms with Crippen LogP contribution < -0.4 is 0 Å². The summed E-state index contributed by atoms with van der Waals surface area (Å²) in [6, 6.07) is -1.69. The third kappa shape index (κ3) is 1.34. The molecule has 2 aliphatic heterocycles. The Labute approximate surface area is 93.7 Å². The van der Waals surface area contributed by atoms with Crippen LogP contribution in [0.1, 0.15) is 27.2 Å². The molecule has 0 N–H and O–H groups in total. The first kappa shape index (κ1) is 11.9. The van der Waals surface area contributed by atoms with Crippen molar-refractivity contribution in [3.63, 3.8) is 0 Å². The van der Waals surface area contributed by atoms with E-state index in [1.807, 2.05) is 0 Å². The van der Waals surface area contributed by atoms with Crippen LogP contribution in [0.3, 0.4) is 0 Å². The van der Waals surface area contributed by atoms with Crippen LogP contribution in [0.15, 0.2) is 0 Å². The first-order valence-corrected chi connectivity index (χ1v) is 5.61. The van der Waals surface area contributed by atoms with Gasteiger partial charge in [0.05, 0.1) is 6.61 Å².